The lowest BCUT2D eigenvalue weighted by Gasteiger charge is -2.10. The Kier molecular flexibility index (Phi) is 4.21. The Morgan fingerprint density at radius 2 is 2.31 bits per heavy atom. The van der Waals surface area contributed by atoms with Crippen LogP contribution in [0.3, 0.4) is 0 Å². The van der Waals surface area contributed by atoms with Crippen molar-refractivity contribution in [2.45, 2.75) is 25.6 Å². The first-order valence-electron chi connectivity index (χ1n) is 5.48. The van der Waals surface area contributed by atoms with Crippen molar-refractivity contribution < 1.29 is 9.47 Å². The van der Waals surface area contributed by atoms with E-state index in [0.717, 1.165) is 35.2 Å². The lowest BCUT2D eigenvalue weighted by molar-refractivity contribution is 0.0106. The minimum Gasteiger partial charge on any atom is -0.399 e. The Morgan fingerprint density at radius 3 is 3.00 bits per heavy atom. The number of halogens is 1. The zero-order chi connectivity index (χ0) is 11.4. The van der Waals surface area contributed by atoms with Crippen LogP contribution in [-0.2, 0) is 16.1 Å². The predicted octanol–water partition coefficient (Wildman–Crippen LogP) is 2.73. The number of rotatable bonds is 4. The van der Waals surface area contributed by atoms with Crippen LogP contribution in [0.4, 0.5) is 5.69 Å². The van der Waals surface area contributed by atoms with Crippen molar-refractivity contribution in [3.05, 3.63) is 28.2 Å². The van der Waals surface area contributed by atoms with Gasteiger partial charge in [0, 0.05) is 16.8 Å². The van der Waals surface area contributed by atoms with Crippen LogP contribution in [0, 0.1) is 0 Å². The lowest BCUT2D eigenvalue weighted by atomic mass is 10.2. The number of nitrogen functional groups attached to an aromatic ring is 1. The highest BCUT2D eigenvalue weighted by molar-refractivity contribution is 9.10. The topological polar surface area (TPSA) is 44.5 Å². The van der Waals surface area contributed by atoms with Gasteiger partial charge in [0.15, 0.2) is 0 Å². The van der Waals surface area contributed by atoms with E-state index >= 15 is 0 Å². The molecule has 0 aliphatic carbocycles. The summed E-state index contributed by atoms with van der Waals surface area (Å²) in [5.41, 5.74) is 7.59. The van der Waals surface area contributed by atoms with E-state index in [1.807, 2.05) is 18.2 Å². The molecule has 2 N–H and O–H groups in total. The van der Waals surface area contributed by atoms with Crippen LogP contribution in [-0.4, -0.2) is 19.3 Å². The number of anilines is 1. The van der Waals surface area contributed by atoms with Gasteiger partial charge in [-0.05, 0) is 36.6 Å². The number of ether oxygens (including phenoxy) is 2. The van der Waals surface area contributed by atoms with E-state index in [1.54, 1.807) is 0 Å². The number of nitrogens with two attached hydrogens (primary N) is 1. The zero-order valence-electron chi connectivity index (χ0n) is 9.12. The molecule has 0 bridgehead atoms. The van der Waals surface area contributed by atoms with Crippen LogP contribution in [0.1, 0.15) is 18.4 Å². The van der Waals surface area contributed by atoms with Crippen LogP contribution >= 0.6 is 15.9 Å². The summed E-state index contributed by atoms with van der Waals surface area (Å²) in [4.78, 5) is 0. The Hall–Kier alpha value is -0.580. The molecule has 1 fully saturated rings. The molecule has 0 amide bonds. The minimum atomic E-state index is 0.282. The zero-order valence-corrected chi connectivity index (χ0v) is 10.7. The van der Waals surface area contributed by atoms with E-state index in [4.69, 9.17) is 15.2 Å². The lowest BCUT2D eigenvalue weighted by Crippen LogP contribution is -2.13. The van der Waals surface area contributed by atoms with Gasteiger partial charge >= 0.3 is 0 Å². The third-order valence-corrected chi connectivity index (χ3v) is 3.03. The second-order valence-electron chi connectivity index (χ2n) is 4.04. The molecule has 1 heterocycles. The van der Waals surface area contributed by atoms with Crippen LogP contribution in [0.15, 0.2) is 22.7 Å². The molecule has 0 radical (unpaired) electrons. The van der Waals surface area contributed by atoms with Crippen molar-refractivity contribution >= 4 is 21.6 Å². The molecular weight excluding hydrogens is 270 g/mol. The van der Waals surface area contributed by atoms with Gasteiger partial charge in [-0.2, -0.15) is 0 Å². The molecule has 3 nitrogen and oxygen atoms in total. The third kappa shape index (κ3) is 3.47. The van der Waals surface area contributed by atoms with Crippen molar-refractivity contribution in [1.82, 2.24) is 0 Å². The van der Waals surface area contributed by atoms with Crippen LogP contribution in [0.25, 0.3) is 0 Å². The molecule has 1 aliphatic rings. The van der Waals surface area contributed by atoms with Gasteiger partial charge < -0.3 is 15.2 Å². The van der Waals surface area contributed by atoms with Gasteiger partial charge in [0.25, 0.3) is 0 Å². The first-order chi connectivity index (χ1) is 7.74. The van der Waals surface area contributed by atoms with Crippen molar-refractivity contribution in [3.63, 3.8) is 0 Å². The maximum absolute atomic E-state index is 5.74. The van der Waals surface area contributed by atoms with Gasteiger partial charge in [-0.25, -0.2) is 0 Å². The van der Waals surface area contributed by atoms with E-state index in [-0.39, 0.29) is 6.10 Å². The highest BCUT2D eigenvalue weighted by Gasteiger charge is 2.15. The standard InChI is InChI=1S/C12H16BrNO2/c13-10-4-9(5-11(14)6-10)7-15-8-12-2-1-3-16-12/h4-6,12H,1-3,7-8,14H2. The average Bonchev–Trinajstić information content (AvgIpc) is 2.69. The largest absolute Gasteiger partial charge is 0.399 e. The molecule has 0 spiro atoms. The fourth-order valence-electron chi connectivity index (χ4n) is 1.84. The monoisotopic (exact) mass is 285 g/mol. The number of hydrogen-bond acceptors (Lipinski definition) is 3. The van der Waals surface area contributed by atoms with Crippen molar-refractivity contribution in [2.24, 2.45) is 0 Å². The Morgan fingerprint density at radius 1 is 1.44 bits per heavy atom. The Bertz CT molecular complexity index is 331. The van der Waals surface area contributed by atoms with Crippen LogP contribution < -0.4 is 5.73 Å². The smallest absolute Gasteiger partial charge is 0.0809 e. The molecular formula is C12H16BrNO2. The summed E-state index contributed by atoms with van der Waals surface area (Å²) < 4.78 is 12.1. The van der Waals surface area contributed by atoms with Gasteiger partial charge in [0.1, 0.15) is 0 Å². The van der Waals surface area contributed by atoms with Gasteiger partial charge in [-0.1, -0.05) is 15.9 Å². The summed E-state index contributed by atoms with van der Waals surface area (Å²) in [7, 11) is 0. The number of benzene rings is 1. The first-order valence-corrected chi connectivity index (χ1v) is 6.27. The highest BCUT2D eigenvalue weighted by atomic mass is 79.9. The summed E-state index contributed by atoms with van der Waals surface area (Å²) in [6.45, 7) is 2.13. The molecule has 0 saturated carbocycles. The SMILES string of the molecule is Nc1cc(Br)cc(COCC2CCCO2)c1. The Balaban J connectivity index is 1.80. The summed E-state index contributed by atoms with van der Waals surface area (Å²) in [5, 5.41) is 0. The molecule has 16 heavy (non-hydrogen) atoms. The van der Waals surface area contributed by atoms with Gasteiger partial charge in [0.05, 0.1) is 19.3 Å². The fraction of sp³-hybridized carbons (Fsp3) is 0.500. The van der Waals surface area contributed by atoms with Crippen LogP contribution in [0.5, 0.6) is 0 Å². The normalized spacial score (nSPS) is 20.2. The van der Waals surface area contributed by atoms with Crippen molar-refractivity contribution in [1.29, 1.82) is 0 Å². The summed E-state index contributed by atoms with van der Waals surface area (Å²) >= 11 is 3.41. The molecule has 1 aliphatic heterocycles. The molecule has 1 saturated heterocycles. The summed E-state index contributed by atoms with van der Waals surface area (Å²) in [6.07, 6.45) is 2.54. The van der Waals surface area contributed by atoms with E-state index < -0.39 is 0 Å². The van der Waals surface area contributed by atoms with Gasteiger partial charge in [-0.15, -0.1) is 0 Å². The molecule has 1 aromatic rings. The Labute approximate surface area is 104 Å². The van der Waals surface area contributed by atoms with E-state index in [1.165, 1.54) is 0 Å². The van der Waals surface area contributed by atoms with Crippen LogP contribution in [0.2, 0.25) is 0 Å². The maximum Gasteiger partial charge on any atom is 0.0809 e. The fourth-order valence-corrected chi connectivity index (χ4v) is 2.40. The molecule has 88 valence electrons. The third-order valence-electron chi connectivity index (χ3n) is 2.58. The van der Waals surface area contributed by atoms with Crippen molar-refractivity contribution in [3.8, 4) is 0 Å². The van der Waals surface area contributed by atoms with Gasteiger partial charge in [0.2, 0.25) is 0 Å². The van der Waals surface area contributed by atoms with E-state index in [2.05, 4.69) is 15.9 Å². The minimum absolute atomic E-state index is 0.282. The second-order valence-corrected chi connectivity index (χ2v) is 4.96. The van der Waals surface area contributed by atoms with Gasteiger partial charge in [-0.3, -0.25) is 0 Å². The summed E-state index contributed by atoms with van der Waals surface area (Å²) in [6, 6.07) is 5.83. The molecule has 1 aromatic carbocycles. The molecule has 4 heteroatoms. The van der Waals surface area contributed by atoms with Crippen molar-refractivity contribution in [2.75, 3.05) is 18.9 Å². The average molecular weight is 286 g/mol. The predicted molar refractivity (Wildman–Crippen MR) is 67.2 cm³/mol. The second kappa shape index (κ2) is 5.66. The van der Waals surface area contributed by atoms with E-state index in [9.17, 15) is 0 Å². The highest BCUT2D eigenvalue weighted by Crippen LogP contribution is 2.18. The van der Waals surface area contributed by atoms with E-state index in [0.29, 0.717) is 13.2 Å². The molecule has 0 aromatic heterocycles. The molecule has 2 rings (SSSR count). The molecule has 1 atom stereocenters. The summed E-state index contributed by atoms with van der Waals surface area (Å²) in [5.74, 6) is 0. The maximum atomic E-state index is 5.74. The quantitative estimate of drug-likeness (QED) is 0.866. The first kappa shape index (κ1) is 11.9. The molecule has 1 unspecified atom stereocenters. The number of hydrogen-bond donors (Lipinski definition) is 1.